The lowest BCUT2D eigenvalue weighted by atomic mass is 9.47. The smallest absolute Gasteiger partial charge is 0.312 e. The minimum absolute atomic E-state index is 0.0154. The predicted molar refractivity (Wildman–Crippen MR) is 94.6 cm³/mol. The molecule has 0 radical (unpaired) electrons. The van der Waals surface area contributed by atoms with E-state index in [0.717, 1.165) is 37.7 Å². The number of rotatable bonds is 4. The normalized spacial score (nSPS) is 34.2. The van der Waals surface area contributed by atoms with Crippen LogP contribution in [-0.4, -0.2) is 17.4 Å². The number of carbonyl (C=O) groups excluding carboxylic acids is 2. The van der Waals surface area contributed by atoms with Crippen molar-refractivity contribution in [3.05, 3.63) is 35.4 Å². The van der Waals surface area contributed by atoms with Crippen LogP contribution < -0.4 is 5.32 Å². The van der Waals surface area contributed by atoms with E-state index in [4.69, 9.17) is 4.74 Å². The summed E-state index contributed by atoms with van der Waals surface area (Å²) in [6.07, 6.45) is 5.54. The fraction of sp³-hybridized carbons (Fsp3) is 0.571. The first-order chi connectivity index (χ1) is 12.4. The SMILES string of the molecule is CC(=O)NC12CC3CC(C1)CC(C(=O)OCc1ccccc1C#N)(C3)C2. The lowest BCUT2D eigenvalue weighted by molar-refractivity contribution is -0.177. The summed E-state index contributed by atoms with van der Waals surface area (Å²) < 4.78 is 5.70. The van der Waals surface area contributed by atoms with Gasteiger partial charge in [0, 0.05) is 18.0 Å². The van der Waals surface area contributed by atoms with Gasteiger partial charge in [-0.05, 0) is 56.4 Å². The molecule has 0 spiro atoms. The van der Waals surface area contributed by atoms with Gasteiger partial charge >= 0.3 is 5.97 Å². The summed E-state index contributed by atoms with van der Waals surface area (Å²) in [5, 5.41) is 12.4. The van der Waals surface area contributed by atoms with Gasteiger partial charge in [0.2, 0.25) is 5.91 Å². The third-order valence-electron chi connectivity index (χ3n) is 6.43. The monoisotopic (exact) mass is 352 g/mol. The minimum Gasteiger partial charge on any atom is -0.460 e. The molecule has 5 rings (SSSR count). The van der Waals surface area contributed by atoms with Crippen LogP contribution in [0.25, 0.3) is 0 Å². The second kappa shape index (κ2) is 6.12. The quantitative estimate of drug-likeness (QED) is 0.845. The average Bonchev–Trinajstić information content (AvgIpc) is 2.57. The van der Waals surface area contributed by atoms with Crippen molar-refractivity contribution in [1.82, 2.24) is 5.32 Å². The second-order valence-electron chi connectivity index (χ2n) is 8.55. The van der Waals surface area contributed by atoms with Crippen LogP contribution in [0.2, 0.25) is 0 Å². The summed E-state index contributed by atoms with van der Waals surface area (Å²) in [4.78, 5) is 24.8. The number of carbonyl (C=O) groups is 2. The van der Waals surface area contributed by atoms with E-state index in [1.807, 2.05) is 12.1 Å². The van der Waals surface area contributed by atoms with Crippen LogP contribution in [0.4, 0.5) is 0 Å². The van der Waals surface area contributed by atoms with Gasteiger partial charge in [0.25, 0.3) is 0 Å². The Bertz CT molecular complexity index is 781. The number of esters is 1. The fourth-order valence-electron chi connectivity index (χ4n) is 6.07. The van der Waals surface area contributed by atoms with E-state index in [1.54, 1.807) is 19.1 Å². The van der Waals surface area contributed by atoms with Crippen molar-refractivity contribution in [2.75, 3.05) is 0 Å². The van der Waals surface area contributed by atoms with E-state index >= 15 is 0 Å². The van der Waals surface area contributed by atoms with Gasteiger partial charge in [0.1, 0.15) is 6.61 Å². The maximum atomic E-state index is 13.1. The summed E-state index contributed by atoms with van der Waals surface area (Å²) in [7, 11) is 0. The van der Waals surface area contributed by atoms with Crippen LogP contribution in [-0.2, 0) is 20.9 Å². The molecule has 2 atom stereocenters. The molecule has 26 heavy (non-hydrogen) atoms. The number of nitrogens with zero attached hydrogens (tertiary/aromatic N) is 1. The number of hydrogen-bond donors (Lipinski definition) is 1. The summed E-state index contributed by atoms with van der Waals surface area (Å²) in [6, 6.07) is 9.36. The first kappa shape index (κ1) is 17.1. The molecule has 5 heteroatoms. The number of nitrogens with one attached hydrogen (secondary N) is 1. The first-order valence-electron chi connectivity index (χ1n) is 9.38. The van der Waals surface area contributed by atoms with E-state index in [9.17, 15) is 14.9 Å². The predicted octanol–water partition coefficient (Wildman–Crippen LogP) is 3.08. The molecule has 4 saturated carbocycles. The Hall–Kier alpha value is -2.35. The molecule has 136 valence electrons. The minimum atomic E-state index is -0.478. The molecule has 0 aliphatic heterocycles. The van der Waals surface area contributed by atoms with E-state index in [-0.39, 0.29) is 24.0 Å². The van der Waals surface area contributed by atoms with Crippen molar-refractivity contribution in [2.24, 2.45) is 17.3 Å². The standard InChI is InChI=1S/C21H24N2O3/c1-14(24)23-21-9-15-6-16(10-21)8-20(7-15,13-21)19(25)26-12-18-5-3-2-4-17(18)11-22/h2-5,15-16H,6-10,12-13H2,1H3,(H,23,24). The zero-order valence-electron chi connectivity index (χ0n) is 15.1. The molecule has 5 nitrogen and oxygen atoms in total. The highest BCUT2D eigenvalue weighted by molar-refractivity contribution is 5.79. The number of benzene rings is 1. The highest BCUT2D eigenvalue weighted by Crippen LogP contribution is 2.62. The summed E-state index contributed by atoms with van der Waals surface area (Å²) >= 11 is 0. The topological polar surface area (TPSA) is 79.2 Å². The fourth-order valence-corrected chi connectivity index (χ4v) is 6.07. The Morgan fingerprint density at radius 2 is 1.92 bits per heavy atom. The maximum absolute atomic E-state index is 13.1. The third kappa shape index (κ3) is 2.88. The second-order valence-corrected chi connectivity index (χ2v) is 8.55. The van der Waals surface area contributed by atoms with Gasteiger partial charge in [0.05, 0.1) is 17.0 Å². The van der Waals surface area contributed by atoms with Gasteiger partial charge in [-0.3, -0.25) is 9.59 Å². The summed E-state index contributed by atoms with van der Waals surface area (Å²) in [5.74, 6) is 0.802. The van der Waals surface area contributed by atoms with E-state index in [0.29, 0.717) is 23.8 Å². The number of amides is 1. The zero-order valence-corrected chi connectivity index (χ0v) is 15.1. The lowest BCUT2D eigenvalue weighted by Gasteiger charge is -2.60. The summed E-state index contributed by atoms with van der Waals surface area (Å²) in [5.41, 5.74) is 0.568. The Balaban J connectivity index is 1.52. The van der Waals surface area contributed by atoms with Crippen molar-refractivity contribution in [1.29, 1.82) is 5.26 Å². The molecule has 0 aromatic heterocycles. The molecule has 0 saturated heterocycles. The van der Waals surface area contributed by atoms with Gasteiger partial charge < -0.3 is 10.1 Å². The van der Waals surface area contributed by atoms with Crippen LogP contribution >= 0.6 is 0 Å². The van der Waals surface area contributed by atoms with Crippen LogP contribution in [0.15, 0.2) is 24.3 Å². The Labute approximate surface area is 153 Å². The van der Waals surface area contributed by atoms with Crippen molar-refractivity contribution >= 4 is 11.9 Å². The van der Waals surface area contributed by atoms with Gasteiger partial charge in [-0.2, -0.15) is 5.26 Å². The van der Waals surface area contributed by atoms with Gasteiger partial charge in [-0.15, -0.1) is 0 Å². The maximum Gasteiger partial charge on any atom is 0.312 e. The Kier molecular flexibility index (Phi) is 4.02. The third-order valence-corrected chi connectivity index (χ3v) is 6.43. The number of hydrogen-bond acceptors (Lipinski definition) is 4. The van der Waals surface area contributed by atoms with Gasteiger partial charge in [-0.1, -0.05) is 18.2 Å². The van der Waals surface area contributed by atoms with Crippen LogP contribution in [0.1, 0.15) is 56.6 Å². The van der Waals surface area contributed by atoms with E-state index in [1.165, 1.54) is 0 Å². The molecule has 4 fully saturated rings. The van der Waals surface area contributed by atoms with E-state index in [2.05, 4.69) is 11.4 Å². The molecule has 4 aliphatic carbocycles. The molecule has 4 bridgehead atoms. The highest BCUT2D eigenvalue weighted by atomic mass is 16.5. The Morgan fingerprint density at radius 1 is 1.23 bits per heavy atom. The molecule has 1 N–H and O–H groups in total. The van der Waals surface area contributed by atoms with Crippen molar-refractivity contribution < 1.29 is 14.3 Å². The molecular weight excluding hydrogens is 328 g/mol. The molecule has 0 heterocycles. The van der Waals surface area contributed by atoms with Crippen molar-refractivity contribution in [2.45, 2.75) is 57.6 Å². The van der Waals surface area contributed by atoms with Crippen LogP contribution in [0, 0.1) is 28.6 Å². The molecule has 1 aromatic rings. The lowest BCUT2D eigenvalue weighted by Crippen LogP contribution is -2.64. The molecule has 2 unspecified atom stereocenters. The largest absolute Gasteiger partial charge is 0.460 e. The molecule has 1 aromatic carbocycles. The highest BCUT2D eigenvalue weighted by Gasteiger charge is 2.61. The van der Waals surface area contributed by atoms with Gasteiger partial charge in [0.15, 0.2) is 0 Å². The Morgan fingerprint density at radius 3 is 2.58 bits per heavy atom. The number of ether oxygens (including phenoxy) is 1. The number of nitriles is 1. The zero-order chi connectivity index (χ0) is 18.4. The molecule has 1 amide bonds. The van der Waals surface area contributed by atoms with Crippen molar-refractivity contribution in [3.63, 3.8) is 0 Å². The summed E-state index contributed by atoms with van der Waals surface area (Å²) in [6.45, 7) is 1.69. The molecular formula is C21H24N2O3. The first-order valence-corrected chi connectivity index (χ1v) is 9.38. The van der Waals surface area contributed by atoms with E-state index < -0.39 is 5.41 Å². The average molecular weight is 352 g/mol. The molecule has 4 aliphatic rings. The van der Waals surface area contributed by atoms with Crippen molar-refractivity contribution in [3.8, 4) is 6.07 Å². The van der Waals surface area contributed by atoms with Gasteiger partial charge in [-0.25, -0.2) is 0 Å². The van der Waals surface area contributed by atoms with Crippen LogP contribution in [0.3, 0.4) is 0 Å². The van der Waals surface area contributed by atoms with Crippen LogP contribution in [0.5, 0.6) is 0 Å².